The summed E-state index contributed by atoms with van der Waals surface area (Å²) in [7, 11) is 0. The highest BCUT2D eigenvalue weighted by Gasteiger charge is 2.11. The first-order valence-corrected chi connectivity index (χ1v) is 5.58. The average Bonchev–Trinajstić information content (AvgIpc) is 2.45. The van der Waals surface area contributed by atoms with Crippen molar-refractivity contribution in [1.29, 1.82) is 5.26 Å². The lowest BCUT2D eigenvalue weighted by Gasteiger charge is -2.05. The fourth-order valence-corrected chi connectivity index (χ4v) is 1.58. The summed E-state index contributed by atoms with van der Waals surface area (Å²) in [5, 5.41) is 11.3. The standard InChI is InChI=1S/C14H10FN3O/c15-13-12(5-2-6-17-13)14(19)18-9-11-4-1-3-10(7-11)8-16/h1-7H,9H2,(H,18,19). The van der Waals surface area contributed by atoms with E-state index in [-0.39, 0.29) is 12.1 Å². The molecule has 0 unspecified atom stereocenters. The summed E-state index contributed by atoms with van der Waals surface area (Å²) in [5.41, 5.74) is 1.19. The molecule has 0 saturated heterocycles. The van der Waals surface area contributed by atoms with Crippen LogP contribution < -0.4 is 5.32 Å². The molecule has 0 radical (unpaired) electrons. The number of rotatable bonds is 3. The Morgan fingerprint density at radius 2 is 2.21 bits per heavy atom. The largest absolute Gasteiger partial charge is 0.348 e. The lowest BCUT2D eigenvalue weighted by atomic mass is 10.1. The Balaban J connectivity index is 2.05. The lowest BCUT2D eigenvalue weighted by Crippen LogP contribution is -2.24. The van der Waals surface area contributed by atoms with Gasteiger partial charge in [-0.2, -0.15) is 9.65 Å². The van der Waals surface area contributed by atoms with E-state index in [0.29, 0.717) is 5.56 Å². The van der Waals surface area contributed by atoms with E-state index in [1.165, 1.54) is 18.3 Å². The van der Waals surface area contributed by atoms with Crippen LogP contribution in [-0.2, 0) is 6.54 Å². The van der Waals surface area contributed by atoms with E-state index >= 15 is 0 Å². The number of nitrogens with one attached hydrogen (secondary N) is 1. The molecule has 5 heteroatoms. The number of benzene rings is 1. The number of pyridine rings is 1. The van der Waals surface area contributed by atoms with Gasteiger partial charge in [0.2, 0.25) is 5.95 Å². The van der Waals surface area contributed by atoms with Gasteiger partial charge in [0.05, 0.1) is 17.2 Å². The Kier molecular flexibility index (Phi) is 3.84. The molecule has 0 atom stereocenters. The average molecular weight is 255 g/mol. The van der Waals surface area contributed by atoms with Gasteiger partial charge in [-0.15, -0.1) is 0 Å². The fraction of sp³-hybridized carbons (Fsp3) is 0.0714. The summed E-state index contributed by atoms with van der Waals surface area (Å²) >= 11 is 0. The maximum absolute atomic E-state index is 13.3. The molecule has 1 heterocycles. The van der Waals surface area contributed by atoms with Crippen LogP contribution in [0.5, 0.6) is 0 Å². The number of aromatic nitrogens is 1. The molecule has 0 spiro atoms. The predicted molar refractivity (Wildman–Crippen MR) is 66.5 cm³/mol. The van der Waals surface area contributed by atoms with E-state index in [4.69, 9.17) is 5.26 Å². The van der Waals surface area contributed by atoms with Crippen LogP contribution in [0.2, 0.25) is 0 Å². The Morgan fingerprint density at radius 3 is 2.95 bits per heavy atom. The minimum atomic E-state index is -0.800. The van der Waals surface area contributed by atoms with Gasteiger partial charge in [0.15, 0.2) is 0 Å². The molecule has 4 nitrogen and oxygen atoms in total. The second-order valence-electron chi connectivity index (χ2n) is 3.84. The van der Waals surface area contributed by atoms with Crippen LogP contribution in [0.15, 0.2) is 42.6 Å². The van der Waals surface area contributed by atoms with Crippen molar-refractivity contribution < 1.29 is 9.18 Å². The van der Waals surface area contributed by atoms with Crippen molar-refractivity contribution in [1.82, 2.24) is 10.3 Å². The molecular weight excluding hydrogens is 245 g/mol. The second kappa shape index (κ2) is 5.74. The highest BCUT2D eigenvalue weighted by Crippen LogP contribution is 2.06. The van der Waals surface area contributed by atoms with Crippen LogP contribution in [0, 0.1) is 17.3 Å². The number of hydrogen-bond donors (Lipinski definition) is 1. The fourth-order valence-electron chi connectivity index (χ4n) is 1.58. The highest BCUT2D eigenvalue weighted by molar-refractivity contribution is 5.94. The van der Waals surface area contributed by atoms with Crippen LogP contribution in [0.25, 0.3) is 0 Å². The molecule has 0 aliphatic rings. The maximum atomic E-state index is 13.3. The van der Waals surface area contributed by atoms with E-state index in [0.717, 1.165) is 5.56 Å². The van der Waals surface area contributed by atoms with Gasteiger partial charge in [0, 0.05) is 12.7 Å². The molecule has 0 aliphatic carbocycles. The third kappa shape index (κ3) is 3.13. The molecule has 0 bridgehead atoms. The molecule has 0 aliphatic heterocycles. The van der Waals surface area contributed by atoms with Crippen LogP contribution in [-0.4, -0.2) is 10.9 Å². The van der Waals surface area contributed by atoms with E-state index in [1.54, 1.807) is 24.3 Å². The molecule has 1 aromatic heterocycles. The zero-order valence-corrected chi connectivity index (χ0v) is 9.93. The molecule has 2 rings (SSSR count). The number of nitrogens with zero attached hydrogens (tertiary/aromatic N) is 2. The van der Waals surface area contributed by atoms with Crippen LogP contribution in [0.4, 0.5) is 4.39 Å². The molecule has 0 saturated carbocycles. The lowest BCUT2D eigenvalue weighted by molar-refractivity contribution is 0.0946. The number of halogens is 1. The number of nitriles is 1. The van der Waals surface area contributed by atoms with Gasteiger partial charge in [0.25, 0.3) is 5.91 Å². The SMILES string of the molecule is N#Cc1cccc(CNC(=O)c2cccnc2F)c1. The van der Waals surface area contributed by atoms with Crippen molar-refractivity contribution in [2.24, 2.45) is 0 Å². The molecule has 19 heavy (non-hydrogen) atoms. The number of hydrogen-bond acceptors (Lipinski definition) is 3. The second-order valence-corrected chi connectivity index (χ2v) is 3.84. The molecule has 1 aromatic carbocycles. The molecule has 1 amide bonds. The summed E-state index contributed by atoms with van der Waals surface area (Å²) in [6, 6.07) is 11.7. The summed E-state index contributed by atoms with van der Waals surface area (Å²) in [6.07, 6.45) is 1.28. The minimum Gasteiger partial charge on any atom is -0.348 e. The van der Waals surface area contributed by atoms with Gasteiger partial charge in [-0.25, -0.2) is 4.98 Å². The Bertz CT molecular complexity index is 649. The van der Waals surface area contributed by atoms with Crippen molar-refractivity contribution in [3.05, 3.63) is 65.2 Å². The smallest absolute Gasteiger partial charge is 0.256 e. The third-order valence-corrected chi connectivity index (χ3v) is 2.51. The van der Waals surface area contributed by atoms with Gasteiger partial charge < -0.3 is 5.32 Å². The zero-order chi connectivity index (χ0) is 13.7. The predicted octanol–water partition coefficient (Wildman–Crippen LogP) is 2.02. The van der Waals surface area contributed by atoms with Crippen LogP contribution in [0.3, 0.4) is 0 Å². The van der Waals surface area contributed by atoms with Crippen molar-refractivity contribution in [3.63, 3.8) is 0 Å². The summed E-state index contributed by atoms with van der Waals surface area (Å²) in [5.74, 6) is -1.33. The molecule has 0 fully saturated rings. The van der Waals surface area contributed by atoms with Gasteiger partial charge in [0.1, 0.15) is 0 Å². The maximum Gasteiger partial charge on any atom is 0.256 e. The van der Waals surface area contributed by atoms with Crippen LogP contribution in [0.1, 0.15) is 21.5 Å². The Hall–Kier alpha value is -2.74. The van der Waals surface area contributed by atoms with Crippen molar-refractivity contribution >= 4 is 5.91 Å². The topological polar surface area (TPSA) is 65.8 Å². The third-order valence-electron chi connectivity index (χ3n) is 2.51. The van der Waals surface area contributed by atoms with Gasteiger partial charge in [-0.3, -0.25) is 4.79 Å². The van der Waals surface area contributed by atoms with E-state index in [9.17, 15) is 9.18 Å². The first-order valence-electron chi connectivity index (χ1n) is 5.58. The van der Waals surface area contributed by atoms with Gasteiger partial charge in [-0.05, 0) is 29.8 Å². The number of amides is 1. The zero-order valence-electron chi connectivity index (χ0n) is 9.93. The first kappa shape index (κ1) is 12.7. The highest BCUT2D eigenvalue weighted by atomic mass is 19.1. The summed E-state index contributed by atoms with van der Waals surface area (Å²) in [6.45, 7) is 0.225. The van der Waals surface area contributed by atoms with E-state index < -0.39 is 11.9 Å². The van der Waals surface area contributed by atoms with Crippen molar-refractivity contribution in [2.75, 3.05) is 0 Å². The van der Waals surface area contributed by atoms with Crippen LogP contribution >= 0.6 is 0 Å². The van der Waals surface area contributed by atoms with E-state index in [2.05, 4.69) is 10.3 Å². The summed E-state index contributed by atoms with van der Waals surface area (Å²) < 4.78 is 13.3. The molecule has 94 valence electrons. The van der Waals surface area contributed by atoms with Gasteiger partial charge >= 0.3 is 0 Å². The Labute approximate surface area is 109 Å². The van der Waals surface area contributed by atoms with E-state index in [1.807, 2.05) is 6.07 Å². The molecule has 1 N–H and O–H groups in total. The summed E-state index contributed by atoms with van der Waals surface area (Å²) in [4.78, 5) is 15.1. The molecule has 2 aromatic rings. The monoisotopic (exact) mass is 255 g/mol. The normalized spacial score (nSPS) is 9.68. The van der Waals surface area contributed by atoms with Crippen molar-refractivity contribution in [2.45, 2.75) is 6.54 Å². The first-order chi connectivity index (χ1) is 9.20. The molecular formula is C14H10FN3O. The number of carbonyl (C=O) groups excluding carboxylic acids is 1. The van der Waals surface area contributed by atoms with Crippen molar-refractivity contribution in [3.8, 4) is 6.07 Å². The number of carbonyl (C=O) groups is 1. The minimum absolute atomic E-state index is 0.0982. The quantitative estimate of drug-likeness (QED) is 0.853. The Morgan fingerprint density at radius 1 is 1.37 bits per heavy atom. The van der Waals surface area contributed by atoms with Gasteiger partial charge in [-0.1, -0.05) is 12.1 Å².